The van der Waals surface area contributed by atoms with Crippen LogP contribution >= 0.6 is 0 Å². The van der Waals surface area contributed by atoms with Crippen molar-refractivity contribution in [3.05, 3.63) is 53.2 Å². The third-order valence-corrected chi connectivity index (χ3v) is 11.7. The summed E-state index contributed by atoms with van der Waals surface area (Å²) in [5, 5.41) is 4.96. The van der Waals surface area contributed by atoms with Gasteiger partial charge in [0.1, 0.15) is 29.5 Å². The molecule has 16 heteroatoms. The van der Waals surface area contributed by atoms with Crippen LogP contribution in [0.4, 0.5) is 40.9 Å². The predicted molar refractivity (Wildman–Crippen MR) is 189 cm³/mol. The van der Waals surface area contributed by atoms with Gasteiger partial charge in [0.2, 0.25) is 6.10 Å². The number of nitrogens with one attached hydrogen (secondary N) is 1. The highest BCUT2D eigenvalue weighted by molar-refractivity contribution is 6.02. The van der Waals surface area contributed by atoms with Crippen molar-refractivity contribution in [2.24, 2.45) is 0 Å². The number of aromatic nitrogens is 3. The number of benzene rings is 2. The quantitative estimate of drug-likeness (QED) is 0.146. The van der Waals surface area contributed by atoms with Crippen molar-refractivity contribution in [3.63, 3.8) is 0 Å². The Hall–Kier alpha value is -4.33. The first-order valence-corrected chi connectivity index (χ1v) is 18.5. The SMILES string of the molecule is C#Cc1c(F)ccc2cccc(-c3nc4c5c(nc(OC[C@@]67CCCN6[C@H](COC(C(F)(F)F)C(F)(F)F)CC7)nc5c3F)N3C[C@@H](CC)NC[C@H]3CC4)c12. The zero-order valence-corrected chi connectivity index (χ0v) is 29.8. The fraction of sp³-hybridized carbons (Fsp3) is 0.513. The Kier molecular flexibility index (Phi) is 9.57. The van der Waals surface area contributed by atoms with Gasteiger partial charge in [-0.25, -0.2) is 13.8 Å². The maximum Gasteiger partial charge on any atom is 0.423 e. The minimum absolute atomic E-state index is 0.00844. The number of nitrogens with zero attached hydrogens (tertiary/aromatic N) is 5. The molecule has 4 aliphatic rings. The molecule has 8 nitrogen and oxygen atoms in total. The molecule has 0 aliphatic carbocycles. The average molecular weight is 775 g/mol. The summed E-state index contributed by atoms with van der Waals surface area (Å²) >= 11 is 0. The lowest BCUT2D eigenvalue weighted by molar-refractivity contribution is -0.323. The van der Waals surface area contributed by atoms with E-state index in [9.17, 15) is 26.3 Å². The summed E-state index contributed by atoms with van der Waals surface area (Å²) in [5.41, 5.74) is 0.0482. The minimum Gasteiger partial charge on any atom is -0.461 e. The highest BCUT2D eigenvalue weighted by Gasteiger charge is 2.59. The number of piperazine rings is 1. The number of pyridine rings is 1. The fourth-order valence-corrected chi connectivity index (χ4v) is 9.06. The third kappa shape index (κ3) is 6.61. The summed E-state index contributed by atoms with van der Waals surface area (Å²) in [4.78, 5) is 18.4. The molecular weight excluding hydrogens is 736 g/mol. The summed E-state index contributed by atoms with van der Waals surface area (Å²) in [6.07, 6.45) is -5.40. The van der Waals surface area contributed by atoms with E-state index in [2.05, 4.69) is 32.8 Å². The van der Waals surface area contributed by atoms with E-state index in [0.29, 0.717) is 91.4 Å². The first kappa shape index (κ1) is 37.6. The number of aryl methyl sites for hydroxylation is 1. The van der Waals surface area contributed by atoms with Crippen molar-refractivity contribution >= 4 is 27.5 Å². The molecule has 55 heavy (non-hydrogen) atoms. The molecule has 4 atom stereocenters. The van der Waals surface area contributed by atoms with Crippen LogP contribution < -0.4 is 15.0 Å². The largest absolute Gasteiger partial charge is 0.461 e. The minimum atomic E-state index is -5.60. The van der Waals surface area contributed by atoms with Gasteiger partial charge in [-0.3, -0.25) is 4.90 Å². The summed E-state index contributed by atoms with van der Waals surface area (Å²) in [5.74, 6) is 1.48. The maximum atomic E-state index is 17.2. The fourth-order valence-electron chi connectivity index (χ4n) is 9.06. The van der Waals surface area contributed by atoms with Crippen LogP contribution in [0, 0.1) is 24.0 Å². The van der Waals surface area contributed by atoms with Crippen molar-refractivity contribution in [1.29, 1.82) is 0 Å². The van der Waals surface area contributed by atoms with Crippen LogP contribution in [-0.2, 0) is 11.2 Å². The van der Waals surface area contributed by atoms with Gasteiger partial charge in [0, 0.05) is 42.2 Å². The molecule has 2 aromatic heterocycles. The monoisotopic (exact) mass is 774 g/mol. The molecule has 3 fully saturated rings. The van der Waals surface area contributed by atoms with Crippen LogP contribution in [0.1, 0.15) is 56.7 Å². The second kappa shape index (κ2) is 14.0. The van der Waals surface area contributed by atoms with Gasteiger partial charge in [-0.15, -0.1) is 6.42 Å². The Morgan fingerprint density at radius 1 is 1.02 bits per heavy atom. The van der Waals surface area contributed by atoms with E-state index < -0.39 is 48.3 Å². The van der Waals surface area contributed by atoms with E-state index in [4.69, 9.17) is 21.1 Å². The Labute approximate surface area is 311 Å². The van der Waals surface area contributed by atoms with E-state index in [1.54, 1.807) is 24.3 Å². The van der Waals surface area contributed by atoms with Crippen LogP contribution in [0.2, 0.25) is 0 Å². The number of alkyl halides is 6. The van der Waals surface area contributed by atoms with E-state index >= 15 is 8.78 Å². The predicted octanol–water partition coefficient (Wildman–Crippen LogP) is 7.49. The first-order valence-electron chi connectivity index (χ1n) is 18.5. The molecule has 2 aromatic carbocycles. The van der Waals surface area contributed by atoms with Gasteiger partial charge in [-0.2, -0.15) is 36.3 Å². The van der Waals surface area contributed by atoms with Crippen molar-refractivity contribution in [2.75, 3.05) is 37.7 Å². The first-order chi connectivity index (χ1) is 26.2. The molecule has 0 saturated carbocycles. The number of halogens is 8. The Morgan fingerprint density at radius 3 is 2.56 bits per heavy atom. The molecule has 0 bridgehead atoms. The summed E-state index contributed by atoms with van der Waals surface area (Å²) in [6, 6.07) is 7.26. The second-order valence-corrected chi connectivity index (χ2v) is 14.9. The molecular formula is C39H38F8N6O2. The lowest BCUT2D eigenvalue weighted by atomic mass is 9.95. The lowest BCUT2D eigenvalue weighted by Crippen LogP contribution is -2.56. The van der Waals surface area contributed by atoms with E-state index in [0.717, 1.165) is 6.42 Å². The summed E-state index contributed by atoms with van der Waals surface area (Å²) < 4.78 is 122. The molecule has 6 heterocycles. The summed E-state index contributed by atoms with van der Waals surface area (Å²) in [6.45, 7) is 2.96. The van der Waals surface area contributed by atoms with Crippen LogP contribution in [0.15, 0.2) is 30.3 Å². The Morgan fingerprint density at radius 2 is 1.82 bits per heavy atom. The lowest BCUT2D eigenvalue weighted by Gasteiger charge is -2.40. The molecule has 4 aliphatic heterocycles. The van der Waals surface area contributed by atoms with Crippen LogP contribution in [0.25, 0.3) is 32.9 Å². The zero-order chi connectivity index (χ0) is 38.9. The molecule has 292 valence electrons. The van der Waals surface area contributed by atoms with Crippen molar-refractivity contribution in [2.45, 2.75) is 94.0 Å². The van der Waals surface area contributed by atoms with Crippen molar-refractivity contribution in [1.82, 2.24) is 25.2 Å². The highest BCUT2D eigenvalue weighted by atomic mass is 19.4. The Balaban J connectivity index is 1.18. The van der Waals surface area contributed by atoms with Gasteiger partial charge in [0.25, 0.3) is 0 Å². The zero-order valence-electron chi connectivity index (χ0n) is 29.8. The average Bonchev–Trinajstić information content (AvgIpc) is 3.67. The molecule has 1 N–H and O–H groups in total. The van der Waals surface area contributed by atoms with E-state index in [-0.39, 0.29) is 41.5 Å². The van der Waals surface area contributed by atoms with Crippen LogP contribution in [0.3, 0.4) is 0 Å². The van der Waals surface area contributed by atoms with Crippen LogP contribution in [0.5, 0.6) is 6.01 Å². The number of hydrogen-bond donors (Lipinski definition) is 1. The number of hydrogen-bond acceptors (Lipinski definition) is 8. The summed E-state index contributed by atoms with van der Waals surface area (Å²) in [7, 11) is 0. The molecule has 0 unspecified atom stereocenters. The number of terminal acetylenes is 1. The van der Waals surface area contributed by atoms with Crippen molar-refractivity contribution < 1.29 is 44.6 Å². The molecule has 0 spiro atoms. The molecule has 0 radical (unpaired) electrons. The number of fused-ring (bicyclic) bond motifs is 4. The number of anilines is 1. The number of ether oxygens (including phenoxy) is 2. The Bertz CT molecular complexity index is 2160. The standard InChI is InChI=1S/C39H38F8N6O2/c1-3-22-18-52-23(17-48-22)10-12-28-30-33(31(41)32(49-28)26-8-5-7-21-9-11-27(40)25(4-2)29(21)26)50-36(51-34(30)52)55-20-37-14-6-16-53(37)24(13-15-37)19-54-35(38(42,43)44)39(45,46)47/h2,5,7-9,11,22-24,35,48H,3,6,10,12-20H2,1H3/t22-,23-,24+,37+/m1/s1. The van der Waals surface area contributed by atoms with Crippen molar-refractivity contribution in [3.8, 4) is 29.6 Å². The van der Waals surface area contributed by atoms with Gasteiger partial charge in [-0.05, 0) is 62.9 Å². The topological polar surface area (TPSA) is 75.6 Å². The number of rotatable bonds is 8. The molecule has 0 amide bonds. The van der Waals surface area contributed by atoms with Gasteiger partial charge < -0.3 is 19.7 Å². The second-order valence-electron chi connectivity index (χ2n) is 14.9. The van der Waals surface area contributed by atoms with Crippen LogP contribution in [-0.4, -0.2) is 94.8 Å². The highest BCUT2D eigenvalue weighted by Crippen LogP contribution is 2.45. The molecule has 4 aromatic rings. The van der Waals surface area contributed by atoms with Gasteiger partial charge in [0.15, 0.2) is 5.82 Å². The van der Waals surface area contributed by atoms with Gasteiger partial charge >= 0.3 is 18.4 Å². The van der Waals surface area contributed by atoms with Gasteiger partial charge in [0.05, 0.1) is 28.8 Å². The normalized spacial score (nSPS) is 24.3. The third-order valence-electron chi connectivity index (χ3n) is 11.7. The molecule has 8 rings (SSSR count). The van der Waals surface area contributed by atoms with Gasteiger partial charge in [-0.1, -0.05) is 37.1 Å². The van der Waals surface area contributed by atoms with E-state index in [1.165, 1.54) is 6.07 Å². The molecule has 3 saturated heterocycles. The van der Waals surface area contributed by atoms with E-state index in [1.807, 2.05) is 4.90 Å². The smallest absolute Gasteiger partial charge is 0.423 e. The maximum absolute atomic E-state index is 17.2.